The fraction of sp³-hybridized carbons (Fsp3) is 0.500. The second-order valence-corrected chi connectivity index (χ2v) is 4.32. The molecule has 0 radical (unpaired) electrons. The lowest BCUT2D eigenvalue weighted by molar-refractivity contribution is -0.144. The fourth-order valence-corrected chi connectivity index (χ4v) is 1.93. The first-order valence-electron chi connectivity index (χ1n) is 6.24. The van der Waals surface area contributed by atoms with Crippen molar-refractivity contribution >= 4 is 5.97 Å². The van der Waals surface area contributed by atoms with Crippen molar-refractivity contribution in [3.8, 4) is 0 Å². The highest BCUT2D eigenvalue weighted by atomic mass is 16.5. The van der Waals surface area contributed by atoms with E-state index in [4.69, 9.17) is 10.5 Å². The minimum Gasteiger partial charge on any atom is -0.481 e. The molecule has 0 saturated carbocycles. The summed E-state index contributed by atoms with van der Waals surface area (Å²) in [5, 5.41) is 9.50. The molecule has 1 atom stereocenters. The highest BCUT2D eigenvalue weighted by Crippen LogP contribution is 2.27. The molecule has 1 unspecified atom stereocenters. The summed E-state index contributed by atoms with van der Waals surface area (Å²) in [5.41, 5.74) is 5.41. The zero-order valence-electron chi connectivity index (χ0n) is 10.8. The average Bonchev–Trinajstić information content (AvgIpc) is 2.40. The molecule has 0 aliphatic rings. The van der Waals surface area contributed by atoms with Gasteiger partial charge in [-0.3, -0.25) is 4.79 Å². The molecule has 4 nitrogen and oxygen atoms in total. The van der Waals surface area contributed by atoms with Gasteiger partial charge in [-0.15, -0.1) is 0 Å². The zero-order valence-corrected chi connectivity index (χ0v) is 10.8. The van der Waals surface area contributed by atoms with Gasteiger partial charge >= 0.3 is 5.97 Å². The second kappa shape index (κ2) is 7.13. The largest absolute Gasteiger partial charge is 0.481 e. The third-order valence-electron chi connectivity index (χ3n) is 3.11. The van der Waals surface area contributed by atoms with Gasteiger partial charge in [-0.25, -0.2) is 0 Å². The van der Waals surface area contributed by atoms with Crippen LogP contribution in [0.3, 0.4) is 0 Å². The maximum Gasteiger partial charge on any atom is 0.315 e. The smallest absolute Gasteiger partial charge is 0.315 e. The number of carboxylic acids is 1. The van der Waals surface area contributed by atoms with E-state index in [9.17, 15) is 9.90 Å². The van der Waals surface area contributed by atoms with Gasteiger partial charge in [-0.2, -0.15) is 0 Å². The highest BCUT2D eigenvalue weighted by molar-refractivity contribution is 5.81. The minimum absolute atomic E-state index is 0.0713. The van der Waals surface area contributed by atoms with E-state index in [1.54, 1.807) is 12.1 Å². The van der Waals surface area contributed by atoms with Gasteiger partial charge in [0.1, 0.15) is 5.41 Å². The van der Waals surface area contributed by atoms with Gasteiger partial charge in [0.15, 0.2) is 0 Å². The Kier molecular flexibility index (Phi) is 5.82. The topological polar surface area (TPSA) is 72.5 Å². The molecule has 3 N–H and O–H groups in total. The predicted octanol–water partition coefficient (Wildman–Crippen LogP) is 1.78. The van der Waals surface area contributed by atoms with Crippen LogP contribution in [0.2, 0.25) is 0 Å². The van der Waals surface area contributed by atoms with Crippen LogP contribution in [0.5, 0.6) is 0 Å². The SMILES string of the molecule is CCCOCCC(CN)(C(=O)O)c1ccccc1. The first-order chi connectivity index (χ1) is 8.67. The van der Waals surface area contributed by atoms with Crippen molar-refractivity contribution in [1.82, 2.24) is 0 Å². The molecule has 0 aliphatic carbocycles. The third-order valence-corrected chi connectivity index (χ3v) is 3.11. The van der Waals surface area contributed by atoms with Crippen molar-refractivity contribution < 1.29 is 14.6 Å². The van der Waals surface area contributed by atoms with Gasteiger partial charge < -0.3 is 15.6 Å². The van der Waals surface area contributed by atoms with E-state index < -0.39 is 11.4 Å². The number of benzene rings is 1. The van der Waals surface area contributed by atoms with E-state index in [-0.39, 0.29) is 6.54 Å². The summed E-state index contributed by atoms with van der Waals surface area (Å²) in [6.45, 7) is 3.15. The van der Waals surface area contributed by atoms with Crippen molar-refractivity contribution in [3.63, 3.8) is 0 Å². The van der Waals surface area contributed by atoms with E-state index in [1.807, 2.05) is 25.1 Å². The number of ether oxygens (including phenoxy) is 1. The molecular formula is C14H21NO3. The normalized spacial score (nSPS) is 14.1. The van der Waals surface area contributed by atoms with Crippen molar-refractivity contribution in [2.75, 3.05) is 19.8 Å². The summed E-state index contributed by atoms with van der Waals surface area (Å²) < 4.78 is 5.39. The minimum atomic E-state index is -1.05. The van der Waals surface area contributed by atoms with Gasteiger partial charge in [0.25, 0.3) is 0 Å². The van der Waals surface area contributed by atoms with Crippen LogP contribution >= 0.6 is 0 Å². The molecule has 0 amide bonds. The molecule has 0 aromatic heterocycles. The molecule has 1 aromatic rings. The molecule has 1 aromatic carbocycles. The molecule has 0 heterocycles. The second-order valence-electron chi connectivity index (χ2n) is 4.32. The molecule has 18 heavy (non-hydrogen) atoms. The molecule has 4 heteroatoms. The first kappa shape index (κ1) is 14.7. The van der Waals surface area contributed by atoms with E-state index in [1.165, 1.54) is 0 Å². The van der Waals surface area contributed by atoms with Gasteiger partial charge in [-0.1, -0.05) is 37.3 Å². The van der Waals surface area contributed by atoms with Crippen LogP contribution < -0.4 is 5.73 Å². The summed E-state index contributed by atoms with van der Waals surface area (Å²) in [7, 11) is 0. The van der Waals surface area contributed by atoms with Crippen molar-refractivity contribution in [2.45, 2.75) is 25.2 Å². The summed E-state index contributed by atoms with van der Waals surface area (Å²) in [4.78, 5) is 11.6. The highest BCUT2D eigenvalue weighted by Gasteiger charge is 2.38. The summed E-state index contributed by atoms with van der Waals surface area (Å²) in [5.74, 6) is -0.892. The lowest BCUT2D eigenvalue weighted by Crippen LogP contribution is -2.44. The fourth-order valence-electron chi connectivity index (χ4n) is 1.93. The van der Waals surface area contributed by atoms with Crippen LogP contribution in [-0.2, 0) is 14.9 Å². The van der Waals surface area contributed by atoms with Gasteiger partial charge in [-0.05, 0) is 18.4 Å². The number of rotatable bonds is 8. The molecule has 0 fully saturated rings. The van der Waals surface area contributed by atoms with Gasteiger partial charge in [0.2, 0.25) is 0 Å². The standard InChI is InChI=1S/C14H21NO3/c1-2-9-18-10-8-14(11-15,13(16)17)12-6-4-3-5-7-12/h3-7H,2,8-11,15H2,1H3,(H,16,17). The number of nitrogens with two attached hydrogens (primary N) is 1. The Bertz CT molecular complexity index is 367. The number of aliphatic carboxylic acids is 1. The van der Waals surface area contributed by atoms with Crippen LogP contribution in [0.25, 0.3) is 0 Å². The Hall–Kier alpha value is -1.39. The molecule has 0 spiro atoms. The Balaban J connectivity index is 2.85. The van der Waals surface area contributed by atoms with E-state index in [0.29, 0.717) is 19.6 Å². The Morgan fingerprint density at radius 3 is 2.50 bits per heavy atom. The number of carboxylic acid groups (broad SMARTS) is 1. The summed E-state index contributed by atoms with van der Waals surface area (Å²) >= 11 is 0. The Morgan fingerprint density at radius 1 is 1.33 bits per heavy atom. The van der Waals surface area contributed by atoms with E-state index >= 15 is 0 Å². The predicted molar refractivity (Wildman–Crippen MR) is 70.5 cm³/mol. The summed E-state index contributed by atoms with van der Waals surface area (Å²) in [6, 6.07) is 9.13. The zero-order chi connectivity index (χ0) is 13.4. The molecular weight excluding hydrogens is 230 g/mol. The van der Waals surface area contributed by atoms with Crippen molar-refractivity contribution in [3.05, 3.63) is 35.9 Å². The Morgan fingerprint density at radius 2 is 2.00 bits per heavy atom. The van der Waals surface area contributed by atoms with Crippen LogP contribution in [0.1, 0.15) is 25.3 Å². The monoisotopic (exact) mass is 251 g/mol. The molecule has 0 bridgehead atoms. The molecule has 0 aliphatic heterocycles. The molecule has 1 rings (SSSR count). The quantitative estimate of drug-likeness (QED) is 0.691. The first-order valence-corrected chi connectivity index (χ1v) is 6.24. The van der Waals surface area contributed by atoms with Gasteiger partial charge in [0.05, 0.1) is 0 Å². The van der Waals surface area contributed by atoms with Crippen LogP contribution in [0.15, 0.2) is 30.3 Å². The Labute approximate surface area is 108 Å². The van der Waals surface area contributed by atoms with Crippen molar-refractivity contribution in [1.29, 1.82) is 0 Å². The maximum atomic E-state index is 11.6. The van der Waals surface area contributed by atoms with Gasteiger partial charge in [0, 0.05) is 19.8 Å². The van der Waals surface area contributed by atoms with Crippen LogP contribution in [-0.4, -0.2) is 30.8 Å². The van der Waals surface area contributed by atoms with E-state index in [0.717, 1.165) is 12.0 Å². The summed E-state index contributed by atoms with van der Waals surface area (Å²) in [6.07, 6.45) is 1.32. The van der Waals surface area contributed by atoms with Crippen molar-refractivity contribution in [2.24, 2.45) is 5.73 Å². The number of carbonyl (C=O) groups is 1. The average molecular weight is 251 g/mol. The van der Waals surface area contributed by atoms with E-state index in [2.05, 4.69) is 0 Å². The van der Waals surface area contributed by atoms with Crippen LogP contribution in [0.4, 0.5) is 0 Å². The third kappa shape index (κ3) is 3.31. The lowest BCUT2D eigenvalue weighted by atomic mass is 9.78. The number of hydrogen-bond acceptors (Lipinski definition) is 3. The lowest BCUT2D eigenvalue weighted by Gasteiger charge is -2.28. The molecule has 100 valence electrons. The molecule has 0 saturated heterocycles. The van der Waals surface area contributed by atoms with Crippen LogP contribution in [0, 0.1) is 0 Å². The maximum absolute atomic E-state index is 11.6. The number of hydrogen-bond donors (Lipinski definition) is 2.